The summed E-state index contributed by atoms with van der Waals surface area (Å²) >= 11 is 0. The lowest BCUT2D eigenvalue weighted by molar-refractivity contribution is -0.209. The maximum Gasteiger partial charge on any atom is 0.405 e. The highest BCUT2D eigenvalue weighted by atomic mass is 32.2. The molecule has 1 N–H and O–H groups in total. The standard InChI is InChI=1S/C19H26F4O7S/c1-10(16(3,20)21)29-14(24)17-5-12-4-13(6-17)8-18(7-12,9-17)15(25)30-11(2)19(22,23)31(26,27)28/h10-13H,4-9H2,1-3H3,(H,26,27,28). The van der Waals surface area contributed by atoms with Crippen LogP contribution in [0, 0.1) is 22.7 Å². The van der Waals surface area contributed by atoms with Crippen molar-refractivity contribution in [2.75, 3.05) is 0 Å². The predicted molar refractivity (Wildman–Crippen MR) is 97.8 cm³/mol. The van der Waals surface area contributed by atoms with Gasteiger partial charge < -0.3 is 9.47 Å². The Morgan fingerprint density at radius 3 is 1.68 bits per heavy atom. The van der Waals surface area contributed by atoms with E-state index in [0.29, 0.717) is 33.1 Å². The van der Waals surface area contributed by atoms with Gasteiger partial charge in [-0.2, -0.15) is 17.2 Å². The Balaban J connectivity index is 1.83. The van der Waals surface area contributed by atoms with Crippen LogP contribution in [0.1, 0.15) is 59.3 Å². The first kappa shape index (κ1) is 24.2. The average Bonchev–Trinajstić information content (AvgIpc) is 2.58. The van der Waals surface area contributed by atoms with Gasteiger partial charge in [-0.05, 0) is 64.2 Å². The Labute approximate surface area is 177 Å². The van der Waals surface area contributed by atoms with Crippen molar-refractivity contribution in [3.8, 4) is 0 Å². The number of hydrogen-bond acceptors (Lipinski definition) is 6. The van der Waals surface area contributed by atoms with E-state index in [4.69, 9.17) is 14.0 Å². The van der Waals surface area contributed by atoms with Gasteiger partial charge in [-0.3, -0.25) is 14.1 Å². The van der Waals surface area contributed by atoms with Crippen LogP contribution in [0.2, 0.25) is 0 Å². The zero-order valence-electron chi connectivity index (χ0n) is 17.4. The van der Waals surface area contributed by atoms with Crippen LogP contribution in [0.3, 0.4) is 0 Å². The Bertz CT molecular complexity index is 853. The minimum atomic E-state index is -5.81. The summed E-state index contributed by atoms with van der Waals surface area (Å²) in [5.41, 5.74) is -2.51. The number of esters is 2. The third-order valence-corrected chi connectivity index (χ3v) is 8.05. The molecular formula is C19H26F4O7S. The summed E-state index contributed by atoms with van der Waals surface area (Å²) < 4.78 is 95.2. The maximum absolute atomic E-state index is 13.9. The van der Waals surface area contributed by atoms with Crippen LogP contribution in [0.4, 0.5) is 17.6 Å². The lowest BCUT2D eigenvalue weighted by atomic mass is 9.44. The molecule has 0 radical (unpaired) electrons. The van der Waals surface area contributed by atoms with E-state index in [2.05, 4.69) is 0 Å². The summed E-state index contributed by atoms with van der Waals surface area (Å²) in [6, 6.07) is 0. The quantitative estimate of drug-likeness (QED) is 0.341. The van der Waals surface area contributed by atoms with Gasteiger partial charge in [-0.1, -0.05) is 0 Å². The van der Waals surface area contributed by atoms with Crippen LogP contribution in [0.15, 0.2) is 0 Å². The van der Waals surface area contributed by atoms with Gasteiger partial charge in [0.05, 0.1) is 10.8 Å². The van der Waals surface area contributed by atoms with Crippen molar-refractivity contribution in [1.29, 1.82) is 0 Å². The Morgan fingerprint density at radius 1 is 0.935 bits per heavy atom. The second-order valence-electron chi connectivity index (χ2n) is 9.61. The molecule has 0 aliphatic heterocycles. The number of ether oxygens (including phenoxy) is 2. The zero-order chi connectivity index (χ0) is 23.6. The fraction of sp³-hybridized carbons (Fsp3) is 0.895. The van der Waals surface area contributed by atoms with Gasteiger partial charge in [-0.15, -0.1) is 0 Å². The minimum Gasteiger partial charge on any atom is -0.456 e. The van der Waals surface area contributed by atoms with E-state index in [1.807, 2.05) is 0 Å². The molecule has 0 heterocycles. The fourth-order valence-electron chi connectivity index (χ4n) is 5.69. The Morgan fingerprint density at radius 2 is 1.32 bits per heavy atom. The van der Waals surface area contributed by atoms with Gasteiger partial charge >= 0.3 is 27.3 Å². The van der Waals surface area contributed by atoms with Crippen LogP contribution in [-0.2, 0) is 29.2 Å². The minimum absolute atomic E-state index is 0.100. The third-order valence-electron chi connectivity index (χ3n) is 7.03. The van der Waals surface area contributed by atoms with E-state index in [9.17, 15) is 35.6 Å². The first-order valence-corrected chi connectivity index (χ1v) is 11.5. The summed E-state index contributed by atoms with van der Waals surface area (Å²) in [4.78, 5) is 25.8. The average molecular weight is 474 g/mol. The molecule has 12 heteroatoms. The van der Waals surface area contributed by atoms with Crippen molar-refractivity contribution in [2.24, 2.45) is 22.7 Å². The highest BCUT2D eigenvalue weighted by Gasteiger charge is 2.65. The summed E-state index contributed by atoms with van der Waals surface area (Å²) in [7, 11) is -5.81. The lowest BCUT2D eigenvalue weighted by Crippen LogP contribution is -2.59. The molecule has 7 nitrogen and oxygen atoms in total. The van der Waals surface area contributed by atoms with Crippen molar-refractivity contribution < 1.29 is 49.6 Å². The van der Waals surface area contributed by atoms with Crippen molar-refractivity contribution in [2.45, 2.75) is 82.7 Å². The summed E-state index contributed by atoms with van der Waals surface area (Å²) in [5, 5.41) is -4.70. The smallest absolute Gasteiger partial charge is 0.405 e. The summed E-state index contributed by atoms with van der Waals surface area (Å²) in [6.45, 7) is 2.35. The normalized spacial score (nSPS) is 34.8. The maximum atomic E-state index is 13.9. The van der Waals surface area contributed by atoms with Crippen molar-refractivity contribution in [1.82, 2.24) is 0 Å². The number of alkyl halides is 4. The second kappa shape index (κ2) is 7.29. The molecule has 4 aliphatic carbocycles. The molecule has 0 amide bonds. The topological polar surface area (TPSA) is 107 Å². The number of carbonyl (C=O) groups excluding carboxylic acids is 2. The number of hydrogen-bond donors (Lipinski definition) is 1. The molecular weight excluding hydrogens is 448 g/mol. The van der Waals surface area contributed by atoms with E-state index < -0.39 is 56.3 Å². The summed E-state index contributed by atoms with van der Waals surface area (Å²) in [5.74, 6) is -5.41. The van der Waals surface area contributed by atoms with Gasteiger partial charge in [-0.25, -0.2) is 8.78 Å². The van der Waals surface area contributed by atoms with E-state index in [-0.39, 0.29) is 31.1 Å². The van der Waals surface area contributed by atoms with Crippen molar-refractivity contribution in [3.63, 3.8) is 0 Å². The number of halogens is 4. The van der Waals surface area contributed by atoms with Gasteiger partial charge in [0.2, 0.25) is 0 Å². The fourth-order valence-corrected chi connectivity index (χ4v) is 6.16. The van der Waals surface area contributed by atoms with Crippen molar-refractivity contribution >= 4 is 22.1 Å². The molecule has 0 aromatic heterocycles. The molecule has 4 unspecified atom stereocenters. The summed E-state index contributed by atoms with van der Waals surface area (Å²) in [6.07, 6.45) is -2.31. The van der Waals surface area contributed by atoms with Gasteiger partial charge in [0.1, 0.15) is 0 Å². The molecule has 0 saturated heterocycles. The van der Waals surface area contributed by atoms with Crippen LogP contribution >= 0.6 is 0 Å². The Kier molecular flexibility index (Phi) is 5.70. The molecule has 0 aromatic carbocycles. The lowest BCUT2D eigenvalue weighted by Gasteiger charge is -2.59. The van der Waals surface area contributed by atoms with Gasteiger partial charge in [0, 0.05) is 6.92 Å². The number of rotatable bonds is 7. The molecule has 31 heavy (non-hydrogen) atoms. The highest BCUT2D eigenvalue weighted by Crippen LogP contribution is 2.66. The third kappa shape index (κ3) is 4.17. The molecule has 4 fully saturated rings. The van der Waals surface area contributed by atoms with Gasteiger partial charge in [0.25, 0.3) is 5.92 Å². The van der Waals surface area contributed by atoms with Crippen LogP contribution in [0.5, 0.6) is 0 Å². The zero-order valence-corrected chi connectivity index (χ0v) is 18.2. The van der Waals surface area contributed by atoms with E-state index in [1.165, 1.54) is 0 Å². The number of carbonyl (C=O) groups is 2. The molecule has 4 aliphatic rings. The van der Waals surface area contributed by atoms with Crippen LogP contribution < -0.4 is 0 Å². The first-order valence-electron chi connectivity index (χ1n) is 10.1. The molecule has 4 bridgehead atoms. The highest BCUT2D eigenvalue weighted by molar-refractivity contribution is 7.86. The van der Waals surface area contributed by atoms with E-state index >= 15 is 0 Å². The largest absolute Gasteiger partial charge is 0.456 e. The van der Waals surface area contributed by atoms with Crippen LogP contribution in [0.25, 0.3) is 0 Å². The molecule has 4 saturated carbocycles. The van der Waals surface area contributed by atoms with E-state index in [1.54, 1.807) is 0 Å². The molecule has 178 valence electrons. The molecule has 4 rings (SSSR count). The van der Waals surface area contributed by atoms with E-state index in [0.717, 1.165) is 6.92 Å². The Hall–Kier alpha value is -1.43. The van der Waals surface area contributed by atoms with Crippen LogP contribution in [-0.4, -0.2) is 48.3 Å². The predicted octanol–water partition coefficient (Wildman–Crippen LogP) is 3.57. The SMILES string of the molecule is CC(OC(=O)C12CC3CC(C1)CC(C(=O)OC(C)C(F)(F)S(=O)(=O)O)(C3)C2)C(C)(F)F. The monoisotopic (exact) mass is 474 g/mol. The second-order valence-corrected chi connectivity index (χ2v) is 11.1. The molecule has 4 atom stereocenters. The first-order chi connectivity index (χ1) is 13.9. The van der Waals surface area contributed by atoms with Gasteiger partial charge in [0.15, 0.2) is 12.2 Å². The molecule has 0 spiro atoms. The van der Waals surface area contributed by atoms with Crippen molar-refractivity contribution in [3.05, 3.63) is 0 Å². The molecule has 0 aromatic rings.